The molecule has 0 atom stereocenters. The molecule has 4 nitrogen and oxygen atoms in total. The van der Waals surface area contributed by atoms with Crippen LogP contribution in [-0.2, 0) is 9.59 Å². The van der Waals surface area contributed by atoms with Crippen molar-refractivity contribution in [2.45, 2.75) is 25.7 Å². The number of rotatable bonds is 8. The van der Waals surface area contributed by atoms with E-state index in [0.29, 0.717) is 32.9 Å². The van der Waals surface area contributed by atoms with E-state index in [1.54, 1.807) is 17.0 Å². The van der Waals surface area contributed by atoms with Crippen LogP contribution in [0.25, 0.3) is 6.08 Å². The monoisotopic (exact) mass is 444 g/mol. The fourth-order valence-electron chi connectivity index (χ4n) is 2.90. The molecule has 1 aliphatic rings. The Kier molecular flexibility index (Phi) is 7.86. The van der Waals surface area contributed by atoms with Gasteiger partial charge in [0.25, 0.3) is 5.91 Å². The highest BCUT2D eigenvalue weighted by atomic mass is 35.5. The summed E-state index contributed by atoms with van der Waals surface area (Å²) >= 11 is 12.8. The van der Waals surface area contributed by atoms with Crippen LogP contribution in [0.3, 0.4) is 0 Å². The predicted octanol–water partition coefficient (Wildman–Crippen LogP) is 5.74. The van der Waals surface area contributed by atoms with Gasteiger partial charge in [0.2, 0.25) is 5.91 Å². The molecule has 0 aromatic heterocycles. The van der Waals surface area contributed by atoms with Crippen molar-refractivity contribution in [1.29, 1.82) is 0 Å². The van der Waals surface area contributed by atoms with Gasteiger partial charge in [-0.25, -0.2) is 0 Å². The minimum atomic E-state index is -0.0606. The smallest absolute Gasteiger partial charge is 0.266 e. The molecular formula is C22H21ClN2O2S2. The second kappa shape index (κ2) is 10.6. The molecule has 0 unspecified atom stereocenters. The lowest BCUT2D eigenvalue weighted by molar-refractivity contribution is -0.122. The van der Waals surface area contributed by atoms with E-state index >= 15 is 0 Å². The van der Waals surface area contributed by atoms with E-state index < -0.39 is 0 Å². The highest BCUT2D eigenvalue weighted by Gasteiger charge is 2.31. The highest BCUT2D eigenvalue weighted by molar-refractivity contribution is 8.26. The summed E-state index contributed by atoms with van der Waals surface area (Å²) in [7, 11) is 0. The minimum Gasteiger partial charge on any atom is -0.325 e. The molecule has 3 rings (SSSR count). The van der Waals surface area contributed by atoms with Crippen molar-refractivity contribution in [3.63, 3.8) is 0 Å². The molecule has 1 saturated heterocycles. The number of benzene rings is 2. The van der Waals surface area contributed by atoms with E-state index in [1.165, 1.54) is 11.8 Å². The average Bonchev–Trinajstić information content (AvgIpc) is 2.97. The number of anilines is 1. The SMILES string of the molecule is O=C(CCCCCN1C(=O)C(=Cc2ccccc2)SC1=S)Nc1ccccc1Cl. The largest absolute Gasteiger partial charge is 0.325 e. The fourth-order valence-corrected chi connectivity index (χ4v) is 4.39. The van der Waals surface area contributed by atoms with Gasteiger partial charge in [0.05, 0.1) is 15.6 Å². The number of para-hydroxylation sites is 1. The van der Waals surface area contributed by atoms with Gasteiger partial charge in [-0.1, -0.05) is 84.5 Å². The lowest BCUT2D eigenvalue weighted by Gasteiger charge is -2.14. The quantitative estimate of drug-likeness (QED) is 0.320. The summed E-state index contributed by atoms with van der Waals surface area (Å²) < 4.78 is 0.591. The zero-order valence-corrected chi connectivity index (χ0v) is 18.2. The molecule has 2 aromatic carbocycles. The Bertz CT molecular complexity index is 931. The Morgan fingerprint density at radius 3 is 2.55 bits per heavy atom. The van der Waals surface area contributed by atoms with Crippen molar-refractivity contribution in [3.05, 3.63) is 70.1 Å². The number of unbranched alkanes of at least 4 members (excludes halogenated alkanes) is 2. The molecule has 0 saturated carbocycles. The molecule has 0 radical (unpaired) electrons. The van der Waals surface area contributed by atoms with Gasteiger partial charge < -0.3 is 5.32 Å². The van der Waals surface area contributed by atoms with Crippen molar-refractivity contribution in [3.8, 4) is 0 Å². The number of thioether (sulfide) groups is 1. The molecule has 2 aromatic rings. The second-order valence-corrected chi connectivity index (χ2v) is 8.67. The molecule has 1 fully saturated rings. The highest BCUT2D eigenvalue weighted by Crippen LogP contribution is 2.32. The maximum absolute atomic E-state index is 12.6. The molecule has 150 valence electrons. The Hall–Kier alpha value is -2.15. The Labute approximate surface area is 185 Å². The molecule has 0 aliphatic carbocycles. The van der Waals surface area contributed by atoms with Crippen LogP contribution < -0.4 is 5.32 Å². The van der Waals surface area contributed by atoms with Gasteiger partial charge in [-0.2, -0.15) is 0 Å². The van der Waals surface area contributed by atoms with Crippen LogP contribution in [0.4, 0.5) is 5.69 Å². The third-order valence-electron chi connectivity index (χ3n) is 4.40. The first-order valence-corrected chi connectivity index (χ1v) is 11.0. The first kappa shape index (κ1) is 21.6. The van der Waals surface area contributed by atoms with Gasteiger partial charge in [-0.15, -0.1) is 0 Å². The van der Waals surface area contributed by atoms with Crippen LogP contribution in [0.1, 0.15) is 31.2 Å². The maximum Gasteiger partial charge on any atom is 0.266 e. The van der Waals surface area contributed by atoms with Crippen molar-refractivity contribution < 1.29 is 9.59 Å². The number of carbonyl (C=O) groups excluding carboxylic acids is 2. The number of nitrogens with zero attached hydrogens (tertiary/aromatic N) is 1. The van der Waals surface area contributed by atoms with E-state index in [0.717, 1.165) is 24.8 Å². The first-order valence-electron chi connectivity index (χ1n) is 9.39. The molecule has 7 heteroatoms. The van der Waals surface area contributed by atoms with E-state index in [1.807, 2.05) is 48.5 Å². The number of carbonyl (C=O) groups is 2. The van der Waals surface area contributed by atoms with E-state index in [2.05, 4.69) is 5.32 Å². The van der Waals surface area contributed by atoms with Crippen molar-refractivity contribution in [2.24, 2.45) is 0 Å². The summed E-state index contributed by atoms with van der Waals surface area (Å²) in [6.45, 7) is 0.572. The number of nitrogens with one attached hydrogen (secondary N) is 1. The van der Waals surface area contributed by atoms with Crippen LogP contribution in [0.5, 0.6) is 0 Å². The van der Waals surface area contributed by atoms with Crippen LogP contribution >= 0.6 is 35.6 Å². The third-order valence-corrected chi connectivity index (χ3v) is 6.11. The van der Waals surface area contributed by atoms with E-state index in [4.69, 9.17) is 23.8 Å². The molecule has 1 aliphatic heterocycles. The molecule has 29 heavy (non-hydrogen) atoms. The van der Waals surface area contributed by atoms with E-state index in [9.17, 15) is 9.59 Å². The van der Waals surface area contributed by atoms with Gasteiger partial charge in [-0.05, 0) is 36.6 Å². The summed E-state index contributed by atoms with van der Waals surface area (Å²) in [4.78, 5) is 26.9. The summed E-state index contributed by atoms with van der Waals surface area (Å²) in [5.41, 5.74) is 1.61. The summed E-state index contributed by atoms with van der Waals surface area (Å²) in [5, 5.41) is 3.34. The Morgan fingerprint density at radius 2 is 1.79 bits per heavy atom. The first-order chi connectivity index (χ1) is 14.0. The lowest BCUT2D eigenvalue weighted by atomic mass is 10.1. The number of thiocarbonyl (C=S) groups is 1. The van der Waals surface area contributed by atoms with Gasteiger partial charge in [-0.3, -0.25) is 14.5 Å². The number of hydrogen-bond donors (Lipinski definition) is 1. The van der Waals surface area contributed by atoms with Crippen molar-refractivity contribution in [2.75, 3.05) is 11.9 Å². The number of halogens is 1. The summed E-state index contributed by atoms with van der Waals surface area (Å²) in [6, 6.07) is 16.9. The van der Waals surface area contributed by atoms with Crippen LogP contribution in [0.15, 0.2) is 59.5 Å². The van der Waals surface area contributed by atoms with E-state index in [-0.39, 0.29) is 11.8 Å². The summed E-state index contributed by atoms with van der Waals surface area (Å²) in [6.07, 6.45) is 4.66. The van der Waals surface area contributed by atoms with Crippen molar-refractivity contribution in [1.82, 2.24) is 4.90 Å². The molecule has 1 N–H and O–H groups in total. The zero-order valence-electron chi connectivity index (χ0n) is 15.8. The van der Waals surface area contributed by atoms with Gasteiger partial charge in [0, 0.05) is 13.0 Å². The molecule has 2 amide bonds. The summed E-state index contributed by atoms with van der Waals surface area (Å²) in [5.74, 6) is -0.102. The second-order valence-electron chi connectivity index (χ2n) is 6.58. The number of hydrogen-bond acceptors (Lipinski definition) is 4. The maximum atomic E-state index is 12.6. The minimum absolute atomic E-state index is 0.0414. The Balaban J connectivity index is 1.41. The zero-order chi connectivity index (χ0) is 20.6. The van der Waals surface area contributed by atoms with Crippen LogP contribution in [0.2, 0.25) is 5.02 Å². The standard InChI is InChI=1S/C22H21ClN2O2S2/c23-17-11-6-7-12-18(17)24-20(26)13-5-2-8-14-25-21(27)19(29-22(25)28)15-16-9-3-1-4-10-16/h1,3-4,6-7,9-12,15H,2,5,8,13-14H2,(H,24,26). The van der Waals surface area contributed by atoms with Gasteiger partial charge >= 0.3 is 0 Å². The Morgan fingerprint density at radius 1 is 1.07 bits per heavy atom. The molecule has 0 bridgehead atoms. The molecule has 1 heterocycles. The van der Waals surface area contributed by atoms with Crippen LogP contribution in [-0.4, -0.2) is 27.6 Å². The average molecular weight is 445 g/mol. The normalized spacial score (nSPS) is 15.2. The van der Waals surface area contributed by atoms with Gasteiger partial charge in [0.15, 0.2) is 0 Å². The number of amides is 2. The lowest BCUT2D eigenvalue weighted by Crippen LogP contribution is -2.29. The molecule has 0 spiro atoms. The van der Waals surface area contributed by atoms with Gasteiger partial charge in [0.1, 0.15) is 4.32 Å². The third kappa shape index (κ3) is 6.16. The topological polar surface area (TPSA) is 49.4 Å². The molecular weight excluding hydrogens is 424 g/mol. The van der Waals surface area contributed by atoms with Crippen molar-refractivity contribution >= 4 is 63.5 Å². The van der Waals surface area contributed by atoms with Crippen LogP contribution in [0, 0.1) is 0 Å². The fraction of sp³-hybridized carbons (Fsp3) is 0.227. The predicted molar refractivity (Wildman–Crippen MR) is 125 cm³/mol.